The van der Waals surface area contributed by atoms with E-state index in [-0.39, 0.29) is 31.0 Å². The quantitative estimate of drug-likeness (QED) is 0.594. The number of anilines is 1. The molecule has 22 heavy (non-hydrogen) atoms. The largest absolute Gasteiger partial charge is 0.399 e. The number of ether oxygens (including phenoxy) is 2. The van der Waals surface area contributed by atoms with E-state index in [0.29, 0.717) is 19.8 Å². The maximum Gasteiger partial charge on any atom is 0.246 e. The van der Waals surface area contributed by atoms with E-state index < -0.39 is 0 Å². The van der Waals surface area contributed by atoms with Crippen LogP contribution >= 0.6 is 12.4 Å². The first-order chi connectivity index (χ1) is 10.2. The molecule has 0 fully saturated rings. The average molecular weight is 329 g/mol. The summed E-state index contributed by atoms with van der Waals surface area (Å²) in [5.74, 6) is -0.0822. The van der Waals surface area contributed by atoms with E-state index >= 15 is 0 Å². The zero-order valence-electron chi connectivity index (χ0n) is 13.0. The number of hydrogen-bond acceptors (Lipinski definition) is 4. The van der Waals surface area contributed by atoms with Crippen molar-refractivity contribution < 1.29 is 14.3 Å². The highest BCUT2D eigenvalue weighted by molar-refractivity contribution is 5.85. The van der Waals surface area contributed by atoms with Crippen molar-refractivity contribution in [1.82, 2.24) is 5.32 Å². The second-order valence-electron chi connectivity index (χ2n) is 5.22. The van der Waals surface area contributed by atoms with Crippen LogP contribution in [0, 0.1) is 0 Å². The summed E-state index contributed by atoms with van der Waals surface area (Å²) in [6, 6.07) is 5.98. The second-order valence-corrected chi connectivity index (χ2v) is 5.22. The van der Waals surface area contributed by atoms with Crippen molar-refractivity contribution in [2.45, 2.75) is 32.2 Å². The third-order valence-corrected chi connectivity index (χ3v) is 3.63. The Labute approximate surface area is 138 Å². The van der Waals surface area contributed by atoms with Gasteiger partial charge in [0.25, 0.3) is 0 Å². The molecule has 0 radical (unpaired) electrons. The molecule has 1 aliphatic rings. The van der Waals surface area contributed by atoms with E-state index in [0.717, 1.165) is 24.9 Å². The van der Waals surface area contributed by atoms with Gasteiger partial charge in [-0.25, -0.2) is 0 Å². The predicted molar refractivity (Wildman–Crippen MR) is 89.2 cm³/mol. The summed E-state index contributed by atoms with van der Waals surface area (Å²) in [5, 5.41) is 3.04. The third-order valence-electron chi connectivity index (χ3n) is 3.63. The maximum absolute atomic E-state index is 11.9. The lowest BCUT2D eigenvalue weighted by Gasteiger charge is -2.26. The monoisotopic (exact) mass is 328 g/mol. The molecular formula is C16H25ClN2O3. The Bertz CT molecular complexity index is 482. The Morgan fingerprint density at radius 3 is 2.91 bits per heavy atom. The summed E-state index contributed by atoms with van der Waals surface area (Å²) < 4.78 is 10.4. The van der Waals surface area contributed by atoms with Crippen LogP contribution in [-0.2, 0) is 20.7 Å². The van der Waals surface area contributed by atoms with Crippen LogP contribution < -0.4 is 11.1 Å². The highest BCUT2D eigenvalue weighted by atomic mass is 35.5. The summed E-state index contributed by atoms with van der Waals surface area (Å²) in [6.07, 6.45) is 3.05. The van der Waals surface area contributed by atoms with Crippen molar-refractivity contribution >= 4 is 24.0 Å². The topological polar surface area (TPSA) is 73.6 Å². The molecular weight excluding hydrogens is 304 g/mol. The number of nitrogens with two attached hydrogens (primary N) is 1. The van der Waals surface area contributed by atoms with Crippen LogP contribution in [0.2, 0.25) is 0 Å². The second kappa shape index (κ2) is 9.66. The lowest BCUT2D eigenvalue weighted by molar-refractivity contribution is -0.127. The highest BCUT2D eigenvalue weighted by Crippen LogP contribution is 2.30. The fourth-order valence-corrected chi connectivity index (χ4v) is 2.65. The summed E-state index contributed by atoms with van der Waals surface area (Å²) in [4.78, 5) is 11.9. The smallest absolute Gasteiger partial charge is 0.246 e. The normalized spacial score (nSPS) is 16.5. The maximum atomic E-state index is 11.9. The van der Waals surface area contributed by atoms with E-state index in [4.69, 9.17) is 15.2 Å². The molecule has 2 rings (SSSR count). The van der Waals surface area contributed by atoms with Gasteiger partial charge in [-0.05, 0) is 49.4 Å². The molecule has 0 bridgehead atoms. The summed E-state index contributed by atoms with van der Waals surface area (Å²) in [6.45, 7) is 3.64. The lowest BCUT2D eigenvalue weighted by atomic mass is 9.87. The third kappa shape index (κ3) is 5.48. The Hall–Kier alpha value is -1.30. The van der Waals surface area contributed by atoms with Crippen molar-refractivity contribution in [3.63, 3.8) is 0 Å². The van der Waals surface area contributed by atoms with Gasteiger partial charge in [-0.15, -0.1) is 12.4 Å². The summed E-state index contributed by atoms with van der Waals surface area (Å²) in [7, 11) is 0. The number of carbonyl (C=O) groups excluding carboxylic acids is 1. The van der Waals surface area contributed by atoms with E-state index in [1.54, 1.807) is 0 Å². The van der Waals surface area contributed by atoms with Crippen molar-refractivity contribution in [3.05, 3.63) is 29.3 Å². The number of fused-ring (bicyclic) bond motifs is 1. The molecule has 124 valence electrons. The molecule has 0 saturated heterocycles. The molecule has 0 aliphatic heterocycles. The van der Waals surface area contributed by atoms with Gasteiger partial charge in [0.1, 0.15) is 6.61 Å². The van der Waals surface area contributed by atoms with Crippen LogP contribution in [0.1, 0.15) is 36.9 Å². The SMILES string of the molecule is CCOCCOCC(=O)NC1CCCc2cc(N)ccc21.Cl. The first kappa shape index (κ1) is 18.7. The fraction of sp³-hybridized carbons (Fsp3) is 0.562. The first-order valence-electron chi connectivity index (χ1n) is 7.54. The summed E-state index contributed by atoms with van der Waals surface area (Å²) >= 11 is 0. The van der Waals surface area contributed by atoms with Gasteiger partial charge < -0.3 is 20.5 Å². The van der Waals surface area contributed by atoms with Gasteiger partial charge in [-0.2, -0.15) is 0 Å². The van der Waals surface area contributed by atoms with E-state index in [2.05, 4.69) is 5.32 Å². The Kier molecular flexibility index (Phi) is 8.24. The van der Waals surface area contributed by atoms with Crippen molar-refractivity contribution in [1.29, 1.82) is 0 Å². The standard InChI is InChI=1S/C16H24N2O3.ClH/c1-2-20-8-9-21-11-16(19)18-15-5-3-4-12-10-13(17)6-7-14(12)15;/h6-7,10,15H,2-5,8-9,11,17H2,1H3,(H,18,19);1H. The van der Waals surface area contributed by atoms with Crippen molar-refractivity contribution in [2.24, 2.45) is 0 Å². The zero-order valence-corrected chi connectivity index (χ0v) is 13.8. The molecule has 3 N–H and O–H groups in total. The molecule has 0 spiro atoms. The molecule has 1 aliphatic carbocycles. The molecule has 5 nitrogen and oxygen atoms in total. The first-order valence-corrected chi connectivity index (χ1v) is 7.54. The number of hydrogen-bond donors (Lipinski definition) is 2. The molecule has 6 heteroatoms. The van der Waals surface area contributed by atoms with E-state index in [1.807, 2.05) is 25.1 Å². The fourth-order valence-electron chi connectivity index (χ4n) is 2.65. The van der Waals surface area contributed by atoms with Gasteiger partial charge in [0.05, 0.1) is 19.3 Å². The molecule has 0 aromatic heterocycles. The van der Waals surface area contributed by atoms with Crippen LogP contribution in [-0.4, -0.2) is 32.3 Å². The number of aryl methyl sites for hydroxylation is 1. The minimum Gasteiger partial charge on any atom is -0.399 e. The minimum absolute atomic E-state index is 0. The van der Waals surface area contributed by atoms with Gasteiger partial charge in [0, 0.05) is 12.3 Å². The minimum atomic E-state index is -0.0822. The van der Waals surface area contributed by atoms with Crippen LogP contribution in [0.15, 0.2) is 18.2 Å². The molecule has 1 aromatic carbocycles. The Morgan fingerprint density at radius 1 is 1.36 bits per heavy atom. The van der Waals surface area contributed by atoms with Gasteiger partial charge in [0.2, 0.25) is 5.91 Å². The van der Waals surface area contributed by atoms with Crippen molar-refractivity contribution in [3.8, 4) is 0 Å². The average Bonchev–Trinajstić information content (AvgIpc) is 2.47. The molecule has 1 aromatic rings. The highest BCUT2D eigenvalue weighted by Gasteiger charge is 2.21. The van der Waals surface area contributed by atoms with E-state index in [9.17, 15) is 4.79 Å². The number of benzene rings is 1. The lowest BCUT2D eigenvalue weighted by Crippen LogP contribution is -2.33. The van der Waals surface area contributed by atoms with Crippen LogP contribution in [0.5, 0.6) is 0 Å². The Morgan fingerprint density at radius 2 is 2.14 bits per heavy atom. The van der Waals surface area contributed by atoms with Crippen LogP contribution in [0.4, 0.5) is 5.69 Å². The van der Waals surface area contributed by atoms with Gasteiger partial charge in [-0.1, -0.05) is 6.07 Å². The molecule has 1 unspecified atom stereocenters. The van der Waals surface area contributed by atoms with Crippen LogP contribution in [0.25, 0.3) is 0 Å². The number of amides is 1. The molecule has 1 atom stereocenters. The van der Waals surface area contributed by atoms with Gasteiger partial charge in [0.15, 0.2) is 0 Å². The Balaban J connectivity index is 0.00000242. The van der Waals surface area contributed by atoms with Gasteiger partial charge >= 0.3 is 0 Å². The van der Waals surface area contributed by atoms with Crippen molar-refractivity contribution in [2.75, 3.05) is 32.2 Å². The predicted octanol–water partition coefficient (Wildman–Crippen LogP) is 2.24. The van der Waals surface area contributed by atoms with E-state index in [1.165, 1.54) is 11.1 Å². The number of halogens is 1. The number of rotatable bonds is 7. The number of nitrogen functional groups attached to an aromatic ring is 1. The van der Waals surface area contributed by atoms with Gasteiger partial charge in [-0.3, -0.25) is 4.79 Å². The molecule has 0 saturated carbocycles. The molecule has 1 amide bonds. The molecule has 0 heterocycles. The van der Waals surface area contributed by atoms with Crippen LogP contribution in [0.3, 0.4) is 0 Å². The number of nitrogens with one attached hydrogen (secondary N) is 1. The number of carbonyl (C=O) groups is 1. The summed E-state index contributed by atoms with van der Waals surface area (Å²) in [5.41, 5.74) is 9.01. The zero-order chi connectivity index (χ0) is 15.1.